The summed E-state index contributed by atoms with van der Waals surface area (Å²) >= 11 is 0. The summed E-state index contributed by atoms with van der Waals surface area (Å²) in [5, 5.41) is 3.00. The Hall–Kier alpha value is -3.15. The Morgan fingerprint density at radius 2 is 1.77 bits per heavy atom. The molecule has 1 N–H and O–H groups in total. The van der Waals surface area contributed by atoms with Crippen LogP contribution in [0.5, 0.6) is 0 Å². The number of carbonyl (C=O) groups is 2. The minimum atomic E-state index is -0.0502. The summed E-state index contributed by atoms with van der Waals surface area (Å²) in [6.45, 7) is 4.54. The van der Waals surface area contributed by atoms with Gasteiger partial charge in [0.1, 0.15) is 12.4 Å². The lowest BCUT2D eigenvalue weighted by atomic mass is 10.1. The molecule has 0 saturated carbocycles. The Morgan fingerprint density at radius 3 is 2.57 bits per heavy atom. The molecule has 6 nitrogen and oxygen atoms in total. The molecule has 1 aliphatic rings. The van der Waals surface area contributed by atoms with E-state index in [1.165, 1.54) is 0 Å². The number of benzene rings is 2. The average Bonchev–Trinajstić information content (AvgIpc) is 3.40. The molecule has 1 fully saturated rings. The lowest BCUT2D eigenvalue weighted by Gasteiger charge is -2.17. The third-order valence-corrected chi connectivity index (χ3v) is 5.74. The molecular formula is C24H28N4O2. The van der Waals surface area contributed by atoms with Gasteiger partial charge in [-0.05, 0) is 49.9 Å². The van der Waals surface area contributed by atoms with Crippen LogP contribution in [0.3, 0.4) is 0 Å². The van der Waals surface area contributed by atoms with E-state index in [9.17, 15) is 9.59 Å². The van der Waals surface area contributed by atoms with E-state index in [-0.39, 0.29) is 11.8 Å². The van der Waals surface area contributed by atoms with Crippen molar-refractivity contribution in [3.05, 3.63) is 65.5 Å². The van der Waals surface area contributed by atoms with Gasteiger partial charge in [-0.15, -0.1) is 0 Å². The van der Waals surface area contributed by atoms with Crippen molar-refractivity contribution in [3.8, 4) is 0 Å². The van der Waals surface area contributed by atoms with Crippen LogP contribution in [0.25, 0.3) is 11.0 Å². The van der Waals surface area contributed by atoms with E-state index in [4.69, 9.17) is 4.98 Å². The molecular weight excluding hydrogens is 376 g/mol. The molecule has 0 aliphatic carbocycles. The van der Waals surface area contributed by atoms with Crippen LogP contribution in [-0.4, -0.2) is 45.9 Å². The smallest absolute Gasteiger partial charge is 0.251 e. The summed E-state index contributed by atoms with van der Waals surface area (Å²) in [6.07, 6.45) is 3.64. The predicted octanol–water partition coefficient (Wildman–Crippen LogP) is 3.33. The number of nitrogens with one attached hydrogen (secondary N) is 1. The minimum Gasteiger partial charge on any atom is -0.352 e. The number of nitrogens with zero attached hydrogens (tertiary/aromatic N) is 3. The van der Waals surface area contributed by atoms with Gasteiger partial charge in [0.2, 0.25) is 5.91 Å². The molecule has 3 aromatic rings. The molecule has 0 unspecified atom stereocenters. The number of imidazole rings is 1. The molecule has 30 heavy (non-hydrogen) atoms. The number of carbonyl (C=O) groups excluding carboxylic acids is 2. The average molecular weight is 405 g/mol. The molecule has 1 aliphatic heterocycles. The normalized spacial score (nSPS) is 13.7. The van der Waals surface area contributed by atoms with Gasteiger partial charge in [0.25, 0.3) is 5.91 Å². The van der Waals surface area contributed by atoms with Crippen LogP contribution in [0.15, 0.2) is 48.5 Å². The van der Waals surface area contributed by atoms with Crippen molar-refractivity contribution in [1.29, 1.82) is 0 Å². The van der Waals surface area contributed by atoms with Gasteiger partial charge >= 0.3 is 0 Å². The number of amides is 2. The largest absolute Gasteiger partial charge is 0.352 e. The number of hydrogen-bond acceptors (Lipinski definition) is 3. The molecule has 0 radical (unpaired) electrons. The van der Waals surface area contributed by atoms with Crippen molar-refractivity contribution in [2.45, 2.75) is 39.2 Å². The summed E-state index contributed by atoms with van der Waals surface area (Å²) in [4.78, 5) is 31.8. The van der Waals surface area contributed by atoms with E-state index < -0.39 is 0 Å². The van der Waals surface area contributed by atoms with Crippen LogP contribution in [0.2, 0.25) is 0 Å². The fourth-order valence-corrected chi connectivity index (χ4v) is 4.07. The molecule has 2 aromatic carbocycles. The number of rotatable bonds is 7. The van der Waals surface area contributed by atoms with Gasteiger partial charge in [0.15, 0.2) is 0 Å². The van der Waals surface area contributed by atoms with Crippen molar-refractivity contribution < 1.29 is 9.59 Å². The predicted molar refractivity (Wildman–Crippen MR) is 117 cm³/mol. The second kappa shape index (κ2) is 9.11. The first kappa shape index (κ1) is 20.1. The zero-order chi connectivity index (χ0) is 20.9. The first-order valence-corrected chi connectivity index (χ1v) is 10.7. The van der Waals surface area contributed by atoms with Gasteiger partial charge in [0, 0.05) is 31.6 Å². The summed E-state index contributed by atoms with van der Waals surface area (Å²) < 4.78 is 2.04. The van der Waals surface area contributed by atoms with Crippen molar-refractivity contribution in [2.75, 3.05) is 19.6 Å². The van der Waals surface area contributed by atoms with Crippen LogP contribution in [0.4, 0.5) is 0 Å². The van der Waals surface area contributed by atoms with Crippen molar-refractivity contribution in [1.82, 2.24) is 19.8 Å². The topological polar surface area (TPSA) is 67.2 Å². The van der Waals surface area contributed by atoms with E-state index in [0.717, 1.165) is 54.8 Å². The van der Waals surface area contributed by atoms with Crippen molar-refractivity contribution in [3.63, 3.8) is 0 Å². The van der Waals surface area contributed by atoms with Gasteiger partial charge in [-0.3, -0.25) is 9.59 Å². The van der Waals surface area contributed by atoms with Crippen LogP contribution in [-0.2, 0) is 17.8 Å². The van der Waals surface area contributed by atoms with Gasteiger partial charge in [-0.2, -0.15) is 0 Å². The van der Waals surface area contributed by atoms with E-state index in [1.54, 1.807) is 0 Å². The standard InChI is InChI=1S/C24H28N4O2/c1-18-9-2-3-10-19(18)24(30)25-14-8-13-22-26-20-11-4-5-12-21(20)28(22)17-23(29)27-15-6-7-16-27/h2-5,9-12H,6-8,13-17H2,1H3,(H,25,30). The summed E-state index contributed by atoms with van der Waals surface area (Å²) in [6, 6.07) is 15.5. The molecule has 156 valence electrons. The van der Waals surface area contributed by atoms with E-state index in [0.29, 0.717) is 25.1 Å². The first-order chi connectivity index (χ1) is 14.6. The third kappa shape index (κ3) is 4.37. The van der Waals surface area contributed by atoms with Gasteiger partial charge in [-0.25, -0.2) is 4.98 Å². The number of aromatic nitrogens is 2. The molecule has 0 atom stereocenters. The van der Waals surface area contributed by atoms with Gasteiger partial charge in [0.05, 0.1) is 11.0 Å². The van der Waals surface area contributed by atoms with E-state index in [1.807, 2.05) is 64.9 Å². The van der Waals surface area contributed by atoms with Crippen LogP contribution in [0.1, 0.15) is 41.0 Å². The molecule has 0 bridgehead atoms. The SMILES string of the molecule is Cc1ccccc1C(=O)NCCCc1nc2ccccc2n1CC(=O)N1CCCC1. The Morgan fingerprint density at radius 1 is 1.03 bits per heavy atom. The molecule has 4 rings (SSSR count). The Balaban J connectivity index is 1.41. The Labute approximate surface area is 176 Å². The highest BCUT2D eigenvalue weighted by atomic mass is 16.2. The number of likely N-dealkylation sites (tertiary alicyclic amines) is 1. The van der Waals surface area contributed by atoms with E-state index >= 15 is 0 Å². The third-order valence-electron chi connectivity index (χ3n) is 5.74. The molecule has 6 heteroatoms. The van der Waals surface area contributed by atoms with Crippen LogP contribution < -0.4 is 5.32 Å². The quantitative estimate of drug-likeness (QED) is 0.614. The fourth-order valence-electron chi connectivity index (χ4n) is 4.07. The maximum absolute atomic E-state index is 12.7. The summed E-state index contributed by atoms with van der Waals surface area (Å²) in [5.41, 5.74) is 3.58. The summed E-state index contributed by atoms with van der Waals surface area (Å²) in [5.74, 6) is 1.00. The molecule has 2 amide bonds. The van der Waals surface area contributed by atoms with Crippen molar-refractivity contribution >= 4 is 22.8 Å². The monoisotopic (exact) mass is 404 g/mol. The fraction of sp³-hybridized carbons (Fsp3) is 0.375. The van der Waals surface area contributed by atoms with Crippen LogP contribution in [0, 0.1) is 6.92 Å². The van der Waals surface area contributed by atoms with Crippen molar-refractivity contribution in [2.24, 2.45) is 0 Å². The second-order valence-corrected chi connectivity index (χ2v) is 7.87. The highest BCUT2D eigenvalue weighted by Gasteiger charge is 2.20. The highest BCUT2D eigenvalue weighted by Crippen LogP contribution is 2.18. The summed E-state index contributed by atoms with van der Waals surface area (Å²) in [7, 11) is 0. The maximum atomic E-state index is 12.7. The number of hydrogen-bond donors (Lipinski definition) is 1. The minimum absolute atomic E-state index is 0.0502. The number of para-hydroxylation sites is 2. The highest BCUT2D eigenvalue weighted by molar-refractivity contribution is 5.95. The maximum Gasteiger partial charge on any atom is 0.251 e. The number of fused-ring (bicyclic) bond motifs is 1. The van der Waals surface area contributed by atoms with Gasteiger partial charge in [-0.1, -0.05) is 30.3 Å². The zero-order valence-corrected chi connectivity index (χ0v) is 17.4. The lowest BCUT2D eigenvalue weighted by molar-refractivity contribution is -0.130. The Kier molecular flexibility index (Phi) is 6.12. The van der Waals surface area contributed by atoms with Gasteiger partial charge < -0.3 is 14.8 Å². The van der Waals surface area contributed by atoms with E-state index in [2.05, 4.69) is 5.32 Å². The second-order valence-electron chi connectivity index (χ2n) is 7.87. The molecule has 1 saturated heterocycles. The zero-order valence-electron chi connectivity index (χ0n) is 17.4. The number of aryl methyl sites for hydroxylation is 2. The molecule has 1 aromatic heterocycles. The lowest BCUT2D eigenvalue weighted by Crippen LogP contribution is -2.31. The first-order valence-electron chi connectivity index (χ1n) is 10.7. The molecule has 2 heterocycles. The Bertz CT molecular complexity index is 1050. The van der Waals surface area contributed by atoms with Crippen LogP contribution >= 0.6 is 0 Å². The molecule has 0 spiro atoms.